The molecule has 0 bridgehead atoms. The van der Waals surface area contributed by atoms with Crippen molar-refractivity contribution in [3.8, 4) is 11.3 Å². The van der Waals surface area contributed by atoms with Crippen LogP contribution in [0.3, 0.4) is 0 Å². The second-order valence-corrected chi connectivity index (χ2v) is 7.56. The third-order valence-corrected chi connectivity index (χ3v) is 5.28. The van der Waals surface area contributed by atoms with Crippen molar-refractivity contribution in [2.75, 3.05) is 0 Å². The van der Waals surface area contributed by atoms with Gasteiger partial charge in [-0.3, -0.25) is 4.79 Å². The van der Waals surface area contributed by atoms with E-state index in [-0.39, 0.29) is 11.3 Å². The lowest BCUT2D eigenvalue weighted by atomic mass is 9.98. The molecule has 0 spiro atoms. The number of hydrogen-bond acceptors (Lipinski definition) is 5. The molecule has 0 atom stereocenters. The highest BCUT2D eigenvalue weighted by molar-refractivity contribution is 6.58. The number of aryl methyl sites for hydroxylation is 2. The highest BCUT2D eigenvalue weighted by atomic mass is 16.5. The Morgan fingerprint density at radius 2 is 1.16 bits per heavy atom. The van der Waals surface area contributed by atoms with Gasteiger partial charge in [0.25, 0.3) is 5.78 Å². The number of carbonyl (C=O) groups excluding carboxylic acids is 2. The van der Waals surface area contributed by atoms with Crippen molar-refractivity contribution in [2.24, 2.45) is 0 Å². The number of nitrogens with zero attached hydrogens (tertiary/aromatic N) is 2. The lowest BCUT2D eigenvalue weighted by molar-refractivity contribution is -0.144. The summed E-state index contributed by atoms with van der Waals surface area (Å²) in [6, 6.07) is 22.8. The van der Waals surface area contributed by atoms with Gasteiger partial charge in [0.1, 0.15) is 11.3 Å². The Balaban J connectivity index is 1.83. The summed E-state index contributed by atoms with van der Waals surface area (Å²) in [6.45, 7) is 3.97. The number of ether oxygens (including phenoxy) is 1. The van der Waals surface area contributed by atoms with Crippen molar-refractivity contribution < 1.29 is 14.3 Å². The van der Waals surface area contributed by atoms with Crippen molar-refractivity contribution in [2.45, 2.75) is 13.8 Å². The molecule has 2 heterocycles. The Labute approximate surface area is 179 Å². The smallest absolute Gasteiger partial charge is 0.385 e. The molecule has 0 N–H and O–H groups in total. The van der Waals surface area contributed by atoms with E-state index < -0.39 is 11.8 Å². The summed E-state index contributed by atoms with van der Waals surface area (Å²) >= 11 is 0. The quantitative estimate of drug-likeness (QED) is 0.357. The SMILES string of the molecule is Cc1ccc(C2=C(c3nc4ccccc4nc3-c3ccc(C)cc3)C(=O)C(=O)O2)cc1. The summed E-state index contributed by atoms with van der Waals surface area (Å²) in [7, 11) is 0. The number of esters is 1. The van der Waals surface area contributed by atoms with E-state index in [0.29, 0.717) is 28.0 Å². The molecule has 0 fully saturated rings. The first-order valence-electron chi connectivity index (χ1n) is 9.93. The van der Waals surface area contributed by atoms with Crippen molar-refractivity contribution in [1.82, 2.24) is 9.97 Å². The summed E-state index contributed by atoms with van der Waals surface area (Å²) in [4.78, 5) is 34.8. The van der Waals surface area contributed by atoms with E-state index >= 15 is 0 Å². The lowest BCUT2D eigenvalue weighted by Crippen LogP contribution is -2.11. The Bertz CT molecular complexity index is 1380. The van der Waals surface area contributed by atoms with E-state index in [1.54, 1.807) is 0 Å². The van der Waals surface area contributed by atoms with Crippen LogP contribution in [0.2, 0.25) is 0 Å². The molecule has 1 aromatic heterocycles. The molecular formula is C26H18N2O3. The molecule has 0 unspecified atom stereocenters. The van der Waals surface area contributed by atoms with Crippen LogP contribution < -0.4 is 0 Å². The van der Waals surface area contributed by atoms with E-state index in [4.69, 9.17) is 14.7 Å². The van der Waals surface area contributed by atoms with E-state index in [1.165, 1.54) is 0 Å². The normalized spacial score (nSPS) is 13.7. The van der Waals surface area contributed by atoms with Gasteiger partial charge in [-0.25, -0.2) is 14.8 Å². The minimum Gasteiger partial charge on any atom is -0.419 e. The second-order valence-electron chi connectivity index (χ2n) is 7.56. The Morgan fingerprint density at radius 1 is 0.645 bits per heavy atom. The molecular weight excluding hydrogens is 388 g/mol. The summed E-state index contributed by atoms with van der Waals surface area (Å²) < 4.78 is 5.41. The van der Waals surface area contributed by atoms with Crippen LogP contribution in [-0.2, 0) is 14.3 Å². The van der Waals surface area contributed by atoms with Gasteiger partial charge in [-0.2, -0.15) is 0 Å². The average molecular weight is 406 g/mol. The Hall–Kier alpha value is -4.12. The molecule has 0 saturated carbocycles. The minimum atomic E-state index is -0.907. The average Bonchev–Trinajstić information content (AvgIpc) is 3.08. The number of aromatic nitrogens is 2. The van der Waals surface area contributed by atoms with Gasteiger partial charge in [0.15, 0.2) is 5.76 Å². The molecule has 1 aliphatic rings. The van der Waals surface area contributed by atoms with Gasteiger partial charge >= 0.3 is 5.97 Å². The Kier molecular flexibility index (Phi) is 4.44. The fourth-order valence-electron chi connectivity index (χ4n) is 3.61. The van der Waals surface area contributed by atoms with Gasteiger partial charge < -0.3 is 4.74 Å². The molecule has 4 aromatic rings. The summed E-state index contributed by atoms with van der Waals surface area (Å²) in [5.74, 6) is -1.41. The maximum Gasteiger partial charge on any atom is 0.385 e. The fraction of sp³-hybridized carbons (Fsp3) is 0.0769. The maximum atomic E-state index is 12.9. The topological polar surface area (TPSA) is 69.2 Å². The zero-order chi connectivity index (χ0) is 21.5. The number of hydrogen-bond donors (Lipinski definition) is 0. The maximum absolute atomic E-state index is 12.9. The number of carbonyl (C=O) groups is 2. The number of fused-ring (bicyclic) bond motifs is 1. The molecule has 5 heteroatoms. The van der Waals surface area contributed by atoms with Gasteiger partial charge in [-0.1, -0.05) is 71.8 Å². The number of ketones is 1. The van der Waals surface area contributed by atoms with Gasteiger partial charge in [0.05, 0.1) is 16.7 Å². The van der Waals surface area contributed by atoms with E-state index in [9.17, 15) is 9.59 Å². The van der Waals surface area contributed by atoms with Crippen LogP contribution in [0, 0.1) is 13.8 Å². The standard InChI is InChI=1S/C26H18N2O3/c1-15-7-11-17(12-8-15)22-23(28-20-6-4-3-5-19(20)27-22)21-24(29)26(30)31-25(21)18-13-9-16(2)10-14-18/h3-14H,1-2H3. The first-order valence-corrected chi connectivity index (χ1v) is 9.93. The molecule has 31 heavy (non-hydrogen) atoms. The molecule has 5 nitrogen and oxygen atoms in total. The second kappa shape index (κ2) is 7.29. The highest BCUT2D eigenvalue weighted by Crippen LogP contribution is 2.37. The third-order valence-electron chi connectivity index (χ3n) is 5.28. The first kappa shape index (κ1) is 18.9. The third kappa shape index (κ3) is 3.30. The molecule has 150 valence electrons. The zero-order valence-electron chi connectivity index (χ0n) is 17.0. The summed E-state index contributed by atoms with van der Waals surface area (Å²) in [5.41, 5.74) is 5.97. The van der Waals surface area contributed by atoms with Crippen molar-refractivity contribution >= 4 is 34.1 Å². The van der Waals surface area contributed by atoms with Crippen LogP contribution in [-0.4, -0.2) is 21.7 Å². The van der Waals surface area contributed by atoms with Crippen LogP contribution in [0.15, 0.2) is 72.8 Å². The van der Waals surface area contributed by atoms with Gasteiger partial charge in [0.2, 0.25) is 0 Å². The fourth-order valence-corrected chi connectivity index (χ4v) is 3.61. The zero-order valence-corrected chi connectivity index (χ0v) is 17.0. The molecule has 1 aliphatic heterocycles. The van der Waals surface area contributed by atoms with Crippen LogP contribution in [0.4, 0.5) is 0 Å². The molecule has 0 saturated heterocycles. The molecule has 0 aliphatic carbocycles. The lowest BCUT2D eigenvalue weighted by Gasteiger charge is -2.11. The predicted octanol–water partition coefficient (Wildman–Crippen LogP) is 4.91. The van der Waals surface area contributed by atoms with Crippen LogP contribution in [0.1, 0.15) is 22.4 Å². The number of para-hydroxylation sites is 2. The Morgan fingerprint density at radius 3 is 1.74 bits per heavy atom. The van der Waals surface area contributed by atoms with Crippen LogP contribution in [0.25, 0.3) is 33.6 Å². The van der Waals surface area contributed by atoms with E-state index in [2.05, 4.69) is 0 Å². The van der Waals surface area contributed by atoms with Gasteiger partial charge in [0, 0.05) is 11.1 Å². The van der Waals surface area contributed by atoms with Crippen LogP contribution >= 0.6 is 0 Å². The summed E-state index contributed by atoms with van der Waals surface area (Å²) in [5, 5.41) is 0. The highest BCUT2D eigenvalue weighted by Gasteiger charge is 2.38. The minimum absolute atomic E-state index is 0.141. The van der Waals surface area contributed by atoms with Crippen LogP contribution in [0.5, 0.6) is 0 Å². The van der Waals surface area contributed by atoms with Crippen molar-refractivity contribution in [3.05, 3.63) is 95.2 Å². The number of Topliss-reactive ketones (excluding diaryl/α,β-unsaturated/α-hetero) is 1. The monoisotopic (exact) mass is 406 g/mol. The van der Waals surface area contributed by atoms with E-state index in [0.717, 1.165) is 16.7 Å². The molecule has 5 rings (SSSR count). The predicted molar refractivity (Wildman–Crippen MR) is 119 cm³/mol. The number of benzene rings is 3. The molecule has 0 radical (unpaired) electrons. The van der Waals surface area contributed by atoms with Crippen molar-refractivity contribution in [1.29, 1.82) is 0 Å². The molecule has 0 amide bonds. The van der Waals surface area contributed by atoms with Gasteiger partial charge in [-0.15, -0.1) is 0 Å². The number of cyclic esters (lactones) is 1. The number of rotatable bonds is 3. The summed E-state index contributed by atoms with van der Waals surface area (Å²) in [6.07, 6.45) is 0. The van der Waals surface area contributed by atoms with Crippen molar-refractivity contribution in [3.63, 3.8) is 0 Å². The largest absolute Gasteiger partial charge is 0.419 e. The first-order chi connectivity index (χ1) is 15.0. The van der Waals surface area contributed by atoms with Gasteiger partial charge in [-0.05, 0) is 26.0 Å². The van der Waals surface area contributed by atoms with E-state index in [1.807, 2.05) is 86.6 Å². The molecule has 3 aromatic carbocycles.